The Labute approximate surface area is 162 Å². The molecule has 1 aliphatic heterocycles. The van der Waals surface area contributed by atoms with E-state index in [1.54, 1.807) is 24.3 Å². The number of carbonyl (C=O) groups excluding carboxylic acids is 1. The lowest BCUT2D eigenvalue weighted by Gasteiger charge is -2.25. The molecule has 2 N–H and O–H groups in total. The van der Waals surface area contributed by atoms with E-state index in [-0.39, 0.29) is 5.11 Å². The van der Waals surface area contributed by atoms with Crippen LogP contribution >= 0.6 is 12.2 Å². The van der Waals surface area contributed by atoms with Crippen LogP contribution in [-0.4, -0.2) is 21.7 Å². The second-order valence-corrected chi connectivity index (χ2v) is 6.41. The largest absolute Gasteiger partial charge is 0.374 e. The van der Waals surface area contributed by atoms with Crippen LogP contribution in [0.25, 0.3) is 0 Å². The lowest BCUT2D eigenvalue weighted by molar-refractivity contribution is -0.128. The predicted molar refractivity (Wildman–Crippen MR) is 104 cm³/mol. The van der Waals surface area contributed by atoms with Crippen LogP contribution in [0.15, 0.2) is 65.8 Å². The first-order chi connectivity index (χ1) is 13.1. The summed E-state index contributed by atoms with van der Waals surface area (Å²) in [6, 6.07) is 22.2. The predicted octanol–water partition coefficient (Wildman–Crippen LogP) is 2.54. The minimum Gasteiger partial charge on any atom is -0.374 e. The molecule has 0 aliphatic carbocycles. The summed E-state index contributed by atoms with van der Waals surface area (Å²) in [5, 5.41) is 24.2. The highest BCUT2D eigenvalue weighted by Gasteiger charge is 2.46. The third-order valence-corrected chi connectivity index (χ3v) is 4.61. The van der Waals surface area contributed by atoms with E-state index >= 15 is 0 Å². The van der Waals surface area contributed by atoms with Gasteiger partial charge in [0.15, 0.2) is 5.11 Å². The molecule has 0 saturated heterocycles. The molecule has 0 fully saturated rings. The standard InChI is InChI=1S/C20H15N5OS/c21-11-15(12-22)16(13-7-3-1-4-8-13)17-18(14-9-5-2-6-10-14)24-25(19(17)26)20(23)27/h1-10,15-17H,(H2,23,27)/t16-,17-/m0/s1. The zero-order valence-electron chi connectivity index (χ0n) is 14.2. The van der Waals surface area contributed by atoms with Crippen LogP contribution in [0.3, 0.4) is 0 Å². The summed E-state index contributed by atoms with van der Waals surface area (Å²) < 4.78 is 0. The number of thiocarbonyl (C=S) groups is 1. The summed E-state index contributed by atoms with van der Waals surface area (Å²) in [6.45, 7) is 0. The molecular formula is C20H15N5OS. The van der Waals surface area contributed by atoms with Crippen LogP contribution in [0.1, 0.15) is 17.0 Å². The molecule has 0 aromatic heterocycles. The van der Waals surface area contributed by atoms with E-state index in [2.05, 4.69) is 5.10 Å². The molecule has 1 heterocycles. The summed E-state index contributed by atoms with van der Waals surface area (Å²) in [7, 11) is 0. The molecule has 0 bridgehead atoms. The number of nitriles is 2. The Morgan fingerprint density at radius 2 is 1.63 bits per heavy atom. The van der Waals surface area contributed by atoms with Crippen molar-refractivity contribution in [3.05, 3.63) is 71.8 Å². The third-order valence-electron chi connectivity index (χ3n) is 4.44. The van der Waals surface area contributed by atoms with Crippen molar-refractivity contribution in [3.8, 4) is 12.1 Å². The number of benzene rings is 2. The van der Waals surface area contributed by atoms with Gasteiger partial charge in [-0.05, 0) is 23.3 Å². The number of nitrogens with two attached hydrogens (primary N) is 1. The number of nitrogens with zero attached hydrogens (tertiary/aromatic N) is 4. The molecular weight excluding hydrogens is 358 g/mol. The molecule has 7 heteroatoms. The highest BCUT2D eigenvalue weighted by atomic mass is 32.1. The fraction of sp³-hybridized carbons (Fsp3) is 0.150. The maximum atomic E-state index is 13.1. The van der Waals surface area contributed by atoms with Gasteiger partial charge in [0.2, 0.25) is 0 Å². The van der Waals surface area contributed by atoms with Crippen LogP contribution in [0, 0.1) is 34.5 Å². The molecule has 1 aliphatic rings. The van der Waals surface area contributed by atoms with Crippen LogP contribution < -0.4 is 5.73 Å². The summed E-state index contributed by atoms with van der Waals surface area (Å²) >= 11 is 4.96. The third kappa shape index (κ3) is 3.41. The van der Waals surface area contributed by atoms with Gasteiger partial charge in [0.1, 0.15) is 5.92 Å². The Kier molecular flexibility index (Phi) is 5.25. The van der Waals surface area contributed by atoms with E-state index in [0.717, 1.165) is 5.01 Å². The van der Waals surface area contributed by atoms with Crippen molar-refractivity contribution in [2.24, 2.45) is 22.7 Å². The Morgan fingerprint density at radius 1 is 1.07 bits per heavy atom. The van der Waals surface area contributed by atoms with Crippen molar-refractivity contribution in [2.75, 3.05) is 0 Å². The van der Waals surface area contributed by atoms with Gasteiger partial charge in [-0.2, -0.15) is 20.6 Å². The Bertz CT molecular complexity index is 961. The maximum Gasteiger partial charge on any atom is 0.259 e. The van der Waals surface area contributed by atoms with Crippen LogP contribution in [0.5, 0.6) is 0 Å². The summed E-state index contributed by atoms with van der Waals surface area (Å²) in [6.07, 6.45) is 0. The number of carbonyl (C=O) groups is 1. The lowest BCUT2D eigenvalue weighted by Crippen LogP contribution is -2.39. The van der Waals surface area contributed by atoms with Crippen LogP contribution in [-0.2, 0) is 4.79 Å². The first-order valence-electron chi connectivity index (χ1n) is 8.20. The average Bonchev–Trinajstić information content (AvgIpc) is 3.04. The van der Waals surface area contributed by atoms with Crippen LogP contribution in [0.4, 0.5) is 0 Å². The summed E-state index contributed by atoms with van der Waals surface area (Å²) in [5.74, 6) is -3.03. The fourth-order valence-electron chi connectivity index (χ4n) is 3.24. The van der Waals surface area contributed by atoms with E-state index in [4.69, 9.17) is 18.0 Å². The van der Waals surface area contributed by atoms with Crippen molar-refractivity contribution in [1.82, 2.24) is 5.01 Å². The van der Waals surface area contributed by atoms with Crippen LogP contribution in [0.2, 0.25) is 0 Å². The van der Waals surface area contributed by atoms with Crippen molar-refractivity contribution in [2.45, 2.75) is 5.92 Å². The van der Waals surface area contributed by atoms with Gasteiger partial charge >= 0.3 is 0 Å². The molecule has 0 radical (unpaired) electrons. The molecule has 2 aromatic rings. The number of amides is 1. The van der Waals surface area contributed by atoms with Gasteiger partial charge in [-0.15, -0.1) is 0 Å². The molecule has 0 unspecified atom stereocenters. The van der Waals surface area contributed by atoms with Crippen molar-refractivity contribution in [3.63, 3.8) is 0 Å². The van der Waals surface area contributed by atoms with E-state index < -0.39 is 23.7 Å². The molecule has 1 amide bonds. The lowest BCUT2D eigenvalue weighted by atomic mass is 9.74. The Morgan fingerprint density at radius 3 is 2.15 bits per heavy atom. The monoisotopic (exact) mass is 373 g/mol. The molecule has 0 spiro atoms. The molecule has 6 nitrogen and oxygen atoms in total. The number of hydrazone groups is 1. The molecule has 2 atom stereocenters. The Balaban J connectivity index is 2.18. The first kappa shape index (κ1) is 18.2. The van der Waals surface area contributed by atoms with Gasteiger partial charge < -0.3 is 5.73 Å². The maximum absolute atomic E-state index is 13.1. The van der Waals surface area contributed by atoms with Crippen molar-refractivity contribution < 1.29 is 4.79 Å². The van der Waals surface area contributed by atoms with Crippen molar-refractivity contribution in [1.29, 1.82) is 10.5 Å². The second-order valence-electron chi connectivity index (χ2n) is 5.99. The second kappa shape index (κ2) is 7.77. The number of hydrogen-bond acceptors (Lipinski definition) is 5. The van der Waals surface area contributed by atoms with E-state index in [0.29, 0.717) is 16.8 Å². The van der Waals surface area contributed by atoms with Gasteiger partial charge in [0.05, 0.1) is 23.8 Å². The normalized spacial score (nSPS) is 17.1. The molecule has 132 valence electrons. The van der Waals surface area contributed by atoms with Gasteiger partial charge in [-0.1, -0.05) is 60.7 Å². The minimum atomic E-state index is -1.04. The van der Waals surface area contributed by atoms with Crippen molar-refractivity contribution >= 4 is 28.9 Å². The Hall–Kier alpha value is -3.55. The minimum absolute atomic E-state index is 0.173. The first-order valence-corrected chi connectivity index (χ1v) is 8.60. The fourth-order valence-corrected chi connectivity index (χ4v) is 3.37. The summed E-state index contributed by atoms with van der Waals surface area (Å²) in [4.78, 5) is 13.1. The summed E-state index contributed by atoms with van der Waals surface area (Å²) in [5.41, 5.74) is 7.53. The molecule has 0 saturated carbocycles. The zero-order valence-corrected chi connectivity index (χ0v) is 15.0. The number of hydrogen-bond donors (Lipinski definition) is 1. The highest BCUT2D eigenvalue weighted by Crippen LogP contribution is 2.38. The highest BCUT2D eigenvalue weighted by molar-refractivity contribution is 7.80. The molecule has 27 heavy (non-hydrogen) atoms. The van der Waals surface area contributed by atoms with E-state index in [1.807, 2.05) is 48.5 Å². The number of rotatable bonds is 4. The topological polar surface area (TPSA) is 106 Å². The SMILES string of the molecule is N#CC(C#N)[C@H](c1ccccc1)[C@@H]1C(=O)N(C(N)=S)N=C1c1ccccc1. The van der Waals surface area contributed by atoms with Gasteiger partial charge in [-0.25, -0.2) is 0 Å². The van der Waals surface area contributed by atoms with Gasteiger partial charge in [0, 0.05) is 5.92 Å². The average molecular weight is 373 g/mol. The van der Waals surface area contributed by atoms with Gasteiger partial charge in [-0.3, -0.25) is 4.79 Å². The zero-order chi connectivity index (χ0) is 19.4. The molecule has 3 rings (SSSR count). The molecule has 2 aromatic carbocycles. The van der Waals surface area contributed by atoms with E-state index in [1.165, 1.54) is 0 Å². The quantitative estimate of drug-likeness (QED) is 0.829. The van der Waals surface area contributed by atoms with E-state index in [9.17, 15) is 15.3 Å². The van der Waals surface area contributed by atoms with Gasteiger partial charge in [0.25, 0.3) is 5.91 Å². The smallest absolute Gasteiger partial charge is 0.259 e.